The van der Waals surface area contributed by atoms with E-state index in [0.717, 1.165) is 29.1 Å². The van der Waals surface area contributed by atoms with Gasteiger partial charge in [0.2, 0.25) is 0 Å². The highest BCUT2D eigenvalue weighted by atomic mass is 15.3. The Morgan fingerprint density at radius 1 is 0.704 bits per heavy atom. The van der Waals surface area contributed by atoms with Crippen LogP contribution in [0.2, 0.25) is 0 Å². The molecular formula is C24H25N3. The third-order valence-corrected chi connectivity index (χ3v) is 7.22. The van der Waals surface area contributed by atoms with Crippen molar-refractivity contribution in [3.8, 4) is 17.1 Å². The fourth-order valence-corrected chi connectivity index (χ4v) is 6.61. The van der Waals surface area contributed by atoms with E-state index in [1.807, 2.05) is 0 Å². The SMILES string of the molecule is c1ccc(-c2nnc(C34CC5CC(CC(C5)C3)C4)n2-c2ccccc2)cc1. The molecule has 27 heavy (non-hydrogen) atoms. The van der Waals surface area contributed by atoms with Crippen LogP contribution in [0, 0.1) is 17.8 Å². The summed E-state index contributed by atoms with van der Waals surface area (Å²) in [7, 11) is 0. The second-order valence-electron chi connectivity index (χ2n) is 9.08. The van der Waals surface area contributed by atoms with Crippen molar-refractivity contribution in [3.05, 3.63) is 66.5 Å². The molecule has 136 valence electrons. The average molecular weight is 355 g/mol. The van der Waals surface area contributed by atoms with Gasteiger partial charge in [0, 0.05) is 16.7 Å². The van der Waals surface area contributed by atoms with Crippen molar-refractivity contribution in [1.29, 1.82) is 0 Å². The molecule has 3 aromatic rings. The van der Waals surface area contributed by atoms with Crippen LogP contribution in [-0.4, -0.2) is 14.8 Å². The van der Waals surface area contributed by atoms with E-state index in [9.17, 15) is 0 Å². The number of rotatable bonds is 3. The third kappa shape index (κ3) is 2.40. The molecule has 7 rings (SSSR count). The lowest BCUT2D eigenvalue weighted by molar-refractivity contribution is -0.0102. The van der Waals surface area contributed by atoms with E-state index in [1.54, 1.807) is 0 Å². The van der Waals surface area contributed by atoms with Crippen molar-refractivity contribution in [2.75, 3.05) is 0 Å². The van der Waals surface area contributed by atoms with Crippen LogP contribution in [0.1, 0.15) is 44.3 Å². The van der Waals surface area contributed by atoms with Crippen molar-refractivity contribution in [2.24, 2.45) is 17.8 Å². The Morgan fingerprint density at radius 3 is 1.85 bits per heavy atom. The Morgan fingerprint density at radius 2 is 1.26 bits per heavy atom. The van der Waals surface area contributed by atoms with Crippen LogP contribution in [0.5, 0.6) is 0 Å². The summed E-state index contributed by atoms with van der Waals surface area (Å²) in [5, 5.41) is 9.60. The molecule has 3 heteroatoms. The minimum absolute atomic E-state index is 0.227. The molecule has 3 nitrogen and oxygen atoms in total. The second kappa shape index (κ2) is 5.79. The summed E-state index contributed by atoms with van der Waals surface area (Å²) < 4.78 is 2.36. The van der Waals surface area contributed by atoms with Crippen molar-refractivity contribution in [3.63, 3.8) is 0 Å². The average Bonchev–Trinajstić information content (AvgIpc) is 3.14. The fourth-order valence-electron chi connectivity index (χ4n) is 6.61. The van der Waals surface area contributed by atoms with E-state index < -0.39 is 0 Å². The van der Waals surface area contributed by atoms with Crippen molar-refractivity contribution in [1.82, 2.24) is 14.8 Å². The van der Waals surface area contributed by atoms with Gasteiger partial charge < -0.3 is 0 Å². The first-order chi connectivity index (χ1) is 13.3. The monoisotopic (exact) mass is 355 g/mol. The van der Waals surface area contributed by atoms with E-state index in [4.69, 9.17) is 10.2 Å². The summed E-state index contributed by atoms with van der Waals surface area (Å²) in [4.78, 5) is 0. The zero-order valence-corrected chi connectivity index (χ0v) is 15.6. The van der Waals surface area contributed by atoms with E-state index in [2.05, 4.69) is 65.2 Å². The normalized spacial score (nSPS) is 31.3. The summed E-state index contributed by atoms with van der Waals surface area (Å²) in [6.45, 7) is 0. The molecule has 4 aliphatic carbocycles. The predicted molar refractivity (Wildman–Crippen MR) is 107 cm³/mol. The first-order valence-corrected chi connectivity index (χ1v) is 10.4. The van der Waals surface area contributed by atoms with Crippen LogP contribution >= 0.6 is 0 Å². The van der Waals surface area contributed by atoms with Gasteiger partial charge in [-0.3, -0.25) is 4.57 Å². The fraction of sp³-hybridized carbons (Fsp3) is 0.417. The number of benzene rings is 2. The molecule has 0 spiro atoms. The molecule has 4 aliphatic rings. The van der Waals surface area contributed by atoms with E-state index in [1.165, 1.54) is 50.0 Å². The van der Waals surface area contributed by atoms with Crippen LogP contribution in [0.15, 0.2) is 60.7 Å². The summed E-state index contributed by atoms with van der Waals surface area (Å²) in [6, 6.07) is 21.2. The molecule has 0 atom stereocenters. The maximum Gasteiger partial charge on any atom is 0.168 e. The minimum atomic E-state index is 0.227. The van der Waals surface area contributed by atoms with Gasteiger partial charge in [-0.2, -0.15) is 0 Å². The highest BCUT2D eigenvalue weighted by Gasteiger charge is 2.54. The summed E-state index contributed by atoms with van der Waals surface area (Å²) in [5.74, 6) is 4.89. The number of aromatic nitrogens is 3. The van der Waals surface area contributed by atoms with E-state index in [-0.39, 0.29) is 5.41 Å². The van der Waals surface area contributed by atoms with Gasteiger partial charge in [-0.1, -0.05) is 48.5 Å². The maximum absolute atomic E-state index is 4.87. The summed E-state index contributed by atoms with van der Waals surface area (Å²) >= 11 is 0. The highest BCUT2D eigenvalue weighted by Crippen LogP contribution is 2.60. The van der Waals surface area contributed by atoms with Gasteiger partial charge in [0.1, 0.15) is 5.82 Å². The molecule has 0 unspecified atom stereocenters. The summed E-state index contributed by atoms with van der Waals surface area (Å²) in [6.07, 6.45) is 8.26. The number of hydrogen-bond donors (Lipinski definition) is 0. The lowest BCUT2D eigenvalue weighted by Crippen LogP contribution is -2.49. The molecule has 0 radical (unpaired) electrons. The molecule has 1 aromatic heterocycles. The van der Waals surface area contributed by atoms with Gasteiger partial charge in [-0.15, -0.1) is 10.2 Å². The second-order valence-corrected chi connectivity index (χ2v) is 9.08. The maximum atomic E-state index is 4.87. The smallest absolute Gasteiger partial charge is 0.168 e. The number of nitrogens with zero attached hydrogens (tertiary/aromatic N) is 3. The molecular weight excluding hydrogens is 330 g/mol. The van der Waals surface area contributed by atoms with Gasteiger partial charge in [0.05, 0.1) is 0 Å². The van der Waals surface area contributed by atoms with E-state index in [0.29, 0.717) is 0 Å². The molecule has 2 aromatic carbocycles. The minimum Gasteiger partial charge on any atom is -0.279 e. The van der Waals surface area contributed by atoms with Gasteiger partial charge in [0.25, 0.3) is 0 Å². The van der Waals surface area contributed by atoms with Gasteiger partial charge in [-0.25, -0.2) is 0 Å². The standard InChI is InChI=1S/C24H25N3/c1-3-7-20(8-4-1)22-25-26-23(27(22)21-9-5-2-6-10-21)24-14-17-11-18(15-24)13-19(12-17)16-24/h1-10,17-19H,11-16H2. The lowest BCUT2D eigenvalue weighted by Gasteiger charge is -2.56. The zero-order chi connectivity index (χ0) is 17.8. The van der Waals surface area contributed by atoms with E-state index >= 15 is 0 Å². The molecule has 1 heterocycles. The first kappa shape index (κ1) is 15.6. The van der Waals surface area contributed by atoms with Crippen molar-refractivity contribution >= 4 is 0 Å². The van der Waals surface area contributed by atoms with Crippen molar-refractivity contribution in [2.45, 2.75) is 43.9 Å². The van der Waals surface area contributed by atoms with Crippen LogP contribution in [0.4, 0.5) is 0 Å². The molecule has 4 saturated carbocycles. The number of hydrogen-bond acceptors (Lipinski definition) is 2. The Hall–Kier alpha value is -2.42. The van der Waals surface area contributed by atoms with Gasteiger partial charge in [0.15, 0.2) is 5.82 Å². The largest absolute Gasteiger partial charge is 0.279 e. The number of para-hydroxylation sites is 1. The quantitative estimate of drug-likeness (QED) is 0.629. The van der Waals surface area contributed by atoms with Crippen LogP contribution in [-0.2, 0) is 5.41 Å². The molecule has 4 fully saturated rings. The lowest BCUT2D eigenvalue weighted by atomic mass is 9.49. The third-order valence-electron chi connectivity index (χ3n) is 7.22. The predicted octanol–water partition coefficient (Wildman–Crippen LogP) is 5.40. The molecule has 4 bridgehead atoms. The molecule has 0 aliphatic heterocycles. The first-order valence-electron chi connectivity index (χ1n) is 10.4. The Labute approximate surface area is 160 Å². The molecule has 0 N–H and O–H groups in total. The van der Waals surface area contributed by atoms with Crippen LogP contribution in [0.25, 0.3) is 17.1 Å². The Kier molecular flexibility index (Phi) is 3.35. The Bertz CT molecular complexity index is 923. The van der Waals surface area contributed by atoms with Crippen molar-refractivity contribution < 1.29 is 0 Å². The highest BCUT2D eigenvalue weighted by molar-refractivity contribution is 5.59. The van der Waals surface area contributed by atoms with Crippen LogP contribution < -0.4 is 0 Å². The molecule has 0 saturated heterocycles. The Balaban J connectivity index is 1.55. The molecule has 0 amide bonds. The van der Waals surface area contributed by atoms with Gasteiger partial charge >= 0.3 is 0 Å². The topological polar surface area (TPSA) is 30.7 Å². The summed E-state index contributed by atoms with van der Waals surface area (Å²) in [5.41, 5.74) is 2.56. The zero-order valence-electron chi connectivity index (χ0n) is 15.6. The van der Waals surface area contributed by atoms with Gasteiger partial charge in [-0.05, 0) is 68.4 Å². The van der Waals surface area contributed by atoms with Crippen LogP contribution in [0.3, 0.4) is 0 Å².